The lowest BCUT2D eigenvalue weighted by Crippen LogP contribution is -2.30. The highest BCUT2D eigenvalue weighted by Crippen LogP contribution is 2.17. The number of allylic oxidation sites excluding steroid dienone is 16. The number of esters is 3. The van der Waals surface area contributed by atoms with Crippen LogP contribution in [0.1, 0.15) is 297 Å². The molecule has 0 aliphatic heterocycles. The Bertz CT molecular complexity index is 1460. The van der Waals surface area contributed by atoms with E-state index in [0.717, 1.165) is 109 Å². The number of hydrogen-bond acceptors (Lipinski definition) is 6. The minimum atomic E-state index is -0.792. The average Bonchev–Trinajstić information content (AvgIpc) is 3.40. The maximum Gasteiger partial charge on any atom is 0.306 e. The lowest BCUT2D eigenvalue weighted by Gasteiger charge is -2.18. The topological polar surface area (TPSA) is 78.9 Å². The molecule has 0 saturated carbocycles. The third kappa shape index (κ3) is 59.2. The van der Waals surface area contributed by atoms with Crippen LogP contribution in [0.3, 0.4) is 0 Å². The molecule has 0 fully saturated rings. The van der Waals surface area contributed by atoms with Crippen LogP contribution in [0.5, 0.6) is 0 Å². The molecule has 0 heterocycles. The van der Waals surface area contributed by atoms with Gasteiger partial charge in [0.2, 0.25) is 0 Å². The van der Waals surface area contributed by atoms with Gasteiger partial charge in [0.15, 0.2) is 6.10 Å². The standard InChI is InChI=1S/C68H116O6/c1-4-7-10-13-16-19-21-23-25-27-29-31-32-33-34-35-36-38-39-41-43-45-47-49-52-55-58-61-67(70)73-64-65(63-72-66(69)60-57-54-51-18-15-12-9-6-3)74-68(71)62-59-56-53-50-48-46-44-42-40-37-30-28-26-24-22-20-17-14-11-8-5-2/h7,10,16,19,23,25,29,31,33-34,36,38,41,43,47,49,65H,4-6,8-9,11-15,17-18,20-22,24,26-28,30,32,35,37,39-40,42,44-46,48,50-64H2,1-3H3/b10-7-,19-16-,25-23-,31-29-,34-33-,38-36-,43-41-,49-47-. The van der Waals surface area contributed by atoms with E-state index in [1.807, 2.05) is 0 Å². The van der Waals surface area contributed by atoms with Gasteiger partial charge in [-0.05, 0) is 83.5 Å². The van der Waals surface area contributed by atoms with Crippen LogP contribution in [-0.2, 0) is 28.6 Å². The largest absolute Gasteiger partial charge is 0.462 e. The zero-order valence-electron chi connectivity index (χ0n) is 48.6. The summed E-state index contributed by atoms with van der Waals surface area (Å²) in [4.78, 5) is 38.1. The fourth-order valence-corrected chi connectivity index (χ4v) is 8.69. The first-order chi connectivity index (χ1) is 36.5. The number of hydrogen-bond donors (Lipinski definition) is 0. The minimum Gasteiger partial charge on any atom is -0.462 e. The van der Waals surface area contributed by atoms with Crippen molar-refractivity contribution in [2.45, 2.75) is 303 Å². The van der Waals surface area contributed by atoms with Crippen molar-refractivity contribution in [3.63, 3.8) is 0 Å². The molecule has 0 aliphatic rings. The molecule has 6 heteroatoms. The Balaban J connectivity index is 4.28. The Morgan fingerprint density at radius 1 is 0.284 bits per heavy atom. The van der Waals surface area contributed by atoms with E-state index in [-0.39, 0.29) is 31.1 Å². The van der Waals surface area contributed by atoms with Gasteiger partial charge < -0.3 is 14.2 Å². The molecular weight excluding hydrogens is 913 g/mol. The van der Waals surface area contributed by atoms with E-state index in [9.17, 15) is 14.4 Å². The number of carbonyl (C=O) groups excluding carboxylic acids is 3. The van der Waals surface area contributed by atoms with Gasteiger partial charge in [0.05, 0.1) is 0 Å². The fraction of sp³-hybridized carbons (Fsp3) is 0.721. The van der Waals surface area contributed by atoms with Gasteiger partial charge >= 0.3 is 17.9 Å². The molecule has 0 radical (unpaired) electrons. The highest BCUT2D eigenvalue weighted by Gasteiger charge is 2.19. The van der Waals surface area contributed by atoms with E-state index >= 15 is 0 Å². The van der Waals surface area contributed by atoms with Crippen LogP contribution in [0.4, 0.5) is 0 Å². The second kappa shape index (κ2) is 61.9. The molecule has 0 aromatic rings. The van der Waals surface area contributed by atoms with Gasteiger partial charge in [0.1, 0.15) is 13.2 Å². The van der Waals surface area contributed by atoms with Crippen molar-refractivity contribution in [2.75, 3.05) is 13.2 Å². The predicted molar refractivity (Wildman–Crippen MR) is 320 cm³/mol. The smallest absolute Gasteiger partial charge is 0.306 e. The van der Waals surface area contributed by atoms with E-state index in [4.69, 9.17) is 14.2 Å². The van der Waals surface area contributed by atoms with Crippen LogP contribution in [0.2, 0.25) is 0 Å². The van der Waals surface area contributed by atoms with Crippen molar-refractivity contribution in [3.8, 4) is 0 Å². The number of rotatable bonds is 56. The van der Waals surface area contributed by atoms with Crippen LogP contribution in [-0.4, -0.2) is 37.2 Å². The first kappa shape index (κ1) is 70.3. The molecule has 74 heavy (non-hydrogen) atoms. The number of unbranched alkanes of at least 4 members (excludes halogenated alkanes) is 29. The predicted octanol–water partition coefficient (Wildman–Crippen LogP) is 21.3. The van der Waals surface area contributed by atoms with Gasteiger partial charge in [-0.2, -0.15) is 0 Å². The molecule has 0 saturated heterocycles. The Labute approximate surface area is 457 Å². The lowest BCUT2D eigenvalue weighted by molar-refractivity contribution is -0.167. The highest BCUT2D eigenvalue weighted by molar-refractivity contribution is 5.71. The summed E-state index contributed by atoms with van der Waals surface area (Å²) in [6.45, 7) is 6.49. The Morgan fingerprint density at radius 3 is 0.824 bits per heavy atom. The van der Waals surface area contributed by atoms with Crippen LogP contribution >= 0.6 is 0 Å². The molecule has 0 spiro atoms. The van der Waals surface area contributed by atoms with E-state index in [0.29, 0.717) is 19.3 Å². The molecule has 0 amide bonds. The van der Waals surface area contributed by atoms with Crippen molar-refractivity contribution in [1.29, 1.82) is 0 Å². The normalized spacial score (nSPS) is 12.7. The molecule has 0 rings (SSSR count). The van der Waals surface area contributed by atoms with Crippen LogP contribution in [0.25, 0.3) is 0 Å². The first-order valence-electron chi connectivity index (χ1n) is 31.2. The Kier molecular flexibility index (Phi) is 58.8. The van der Waals surface area contributed by atoms with Gasteiger partial charge in [0.25, 0.3) is 0 Å². The molecule has 0 aromatic carbocycles. The molecule has 0 aromatic heterocycles. The maximum absolute atomic E-state index is 12.9. The third-order valence-electron chi connectivity index (χ3n) is 13.4. The first-order valence-corrected chi connectivity index (χ1v) is 31.2. The number of carbonyl (C=O) groups is 3. The molecule has 1 atom stereocenters. The molecule has 0 aliphatic carbocycles. The van der Waals surface area contributed by atoms with Crippen molar-refractivity contribution >= 4 is 17.9 Å². The summed E-state index contributed by atoms with van der Waals surface area (Å²) in [5.74, 6) is -0.929. The number of ether oxygens (including phenoxy) is 3. The van der Waals surface area contributed by atoms with E-state index < -0.39 is 6.10 Å². The summed E-state index contributed by atoms with van der Waals surface area (Å²) >= 11 is 0. The molecule has 0 bridgehead atoms. The molecule has 1 unspecified atom stereocenters. The SMILES string of the molecule is CC/C=C\C/C=C\C/C=C\C/C=C\C/C=C\C/C=C\C/C=C\C/C=C\CCCCC(=O)OCC(COC(=O)CCCCCCCCCC)OC(=O)CCCCCCCCCCCCCCCCCCCCCCC. The van der Waals surface area contributed by atoms with Gasteiger partial charge in [-0.25, -0.2) is 0 Å². The zero-order chi connectivity index (χ0) is 53.6. The summed E-state index contributed by atoms with van der Waals surface area (Å²) in [6.07, 6.45) is 82.9. The second-order valence-electron chi connectivity index (χ2n) is 20.6. The monoisotopic (exact) mass is 1030 g/mol. The van der Waals surface area contributed by atoms with Crippen LogP contribution in [0.15, 0.2) is 97.2 Å². The average molecular weight is 1030 g/mol. The summed E-state index contributed by atoms with van der Waals surface area (Å²) in [5, 5.41) is 0. The van der Waals surface area contributed by atoms with E-state index in [2.05, 4.69) is 118 Å². The van der Waals surface area contributed by atoms with Crippen LogP contribution < -0.4 is 0 Å². The van der Waals surface area contributed by atoms with E-state index in [1.54, 1.807) is 0 Å². The molecule has 6 nitrogen and oxygen atoms in total. The van der Waals surface area contributed by atoms with Crippen LogP contribution in [0, 0.1) is 0 Å². The summed E-state index contributed by atoms with van der Waals surface area (Å²) in [5.41, 5.74) is 0. The summed E-state index contributed by atoms with van der Waals surface area (Å²) in [7, 11) is 0. The fourth-order valence-electron chi connectivity index (χ4n) is 8.69. The Hall–Kier alpha value is -3.67. The van der Waals surface area contributed by atoms with Gasteiger partial charge in [-0.3, -0.25) is 14.4 Å². The van der Waals surface area contributed by atoms with Gasteiger partial charge in [0, 0.05) is 19.3 Å². The van der Waals surface area contributed by atoms with Gasteiger partial charge in [-0.1, -0.05) is 291 Å². The van der Waals surface area contributed by atoms with E-state index in [1.165, 1.54) is 148 Å². The van der Waals surface area contributed by atoms with Gasteiger partial charge in [-0.15, -0.1) is 0 Å². The molecule has 424 valence electrons. The minimum absolute atomic E-state index is 0.0885. The lowest BCUT2D eigenvalue weighted by atomic mass is 10.0. The quantitative estimate of drug-likeness (QED) is 0.0261. The van der Waals surface area contributed by atoms with Crippen molar-refractivity contribution in [3.05, 3.63) is 97.2 Å². The Morgan fingerprint density at radius 2 is 0.527 bits per heavy atom. The van der Waals surface area contributed by atoms with Crippen molar-refractivity contribution in [2.24, 2.45) is 0 Å². The third-order valence-corrected chi connectivity index (χ3v) is 13.4. The molecular formula is C68H116O6. The molecule has 0 N–H and O–H groups in total. The summed E-state index contributed by atoms with van der Waals surface area (Å²) < 4.78 is 16.8. The summed E-state index contributed by atoms with van der Waals surface area (Å²) in [6, 6.07) is 0. The zero-order valence-corrected chi connectivity index (χ0v) is 48.6. The second-order valence-corrected chi connectivity index (χ2v) is 20.6. The highest BCUT2D eigenvalue weighted by atomic mass is 16.6. The van der Waals surface area contributed by atoms with Crippen molar-refractivity contribution < 1.29 is 28.6 Å². The van der Waals surface area contributed by atoms with Crippen molar-refractivity contribution in [1.82, 2.24) is 0 Å². The maximum atomic E-state index is 12.9.